The van der Waals surface area contributed by atoms with Crippen LogP contribution in [0.15, 0.2) is 41.4 Å². The summed E-state index contributed by atoms with van der Waals surface area (Å²) in [7, 11) is -1.99. The third-order valence-electron chi connectivity index (χ3n) is 2.89. The molecule has 4 nitrogen and oxygen atoms in total. The number of rotatable bonds is 5. The summed E-state index contributed by atoms with van der Waals surface area (Å²) in [6.07, 6.45) is 1.45. The van der Waals surface area contributed by atoms with Gasteiger partial charge in [0.25, 0.3) is 0 Å². The SMILES string of the molecule is CN(Cc1ccc(Cl)cc1)S(=O)(=O)c1c[nH]c(CCl)c1. The highest BCUT2D eigenvalue weighted by Crippen LogP contribution is 2.19. The summed E-state index contributed by atoms with van der Waals surface area (Å²) in [6, 6.07) is 8.62. The van der Waals surface area contributed by atoms with Crippen LogP contribution in [0.3, 0.4) is 0 Å². The number of aromatic nitrogens is 1. The normalized spacial score (nSPS) is 12.0. The van der Waals surface area contributed by atoms with Crippen molar-refractivity contribution < 1.29 is 8.42 Å². The number of hydrogen-bond donors (Lipinski definition) is 1. The average molecular weight is 333 g/mol. The summed E-state index contributed by atoms with van der Waals surface area (Å²) in [6.45, 7) is 0.279. The molecule has 0 atom stereocenters. The van der Waals surface area contributed by atoms with E-state index in [0.717, 1.165) is 5.56 Å². The summed E-state index contributed by atoms with van der Waals surface area (Å²) < 4.78 is 26.0. The van der Waals surface area contributed by atoms with Crippen molar-refractivity contribution in [2.75, 3.05) is 7.05 Å². The Morgan fingerprint density at radius 1 is 1.25 bits per heavy atom. The maximum Gasteiger partial charge on any atom is 0.244 e. The van der Waals surface area contributed by atoms with Crippen LogP contribution >= 0.6 is 23.2 Å². The molecular formula is C13H14Cl2N2O2S. The molecule has 1 aromatic heterocycles. The molecule has 0 saturated carbocycles. The zero-order valence-corrected chi connectivity index (χ0v) is 13.1. The van der Waals surface area contributed by atoms with Crippen molar-refractivity contribution >= 4 is 33.2 Å². The van der Waals surface area contributed by atoms with Gasteiger partial charge in [-0.15, -0.1) is 11.6 Å². The lowest BCUT2D eigenvalue weighted by atomic mass is 10.2. The van der Waals surface area contributed by atoms with Gasteiger partial charge in [0.1, 0.15) is 0 Å². The topological polar surface area (TPSA) is 53.2 Å². The van der Waals surface area contributed by atoms with Crippen LogP contribution in [0.25, 0.3) is 0 Å². The van der Waals surface area contributed by atoms with E-state index in [1.165, 1.54) is 17.5 Å². The van der Waals surface area contributed by atoms with Crippen LogP contribution < -0.4 is 0 Å². The highest BCUT2D eigenvalue weighted by molar-refractivity contribution is 7.89. The van der Waals surface area contributed by atoms with Crippen molar-refractivity contribution in [2.45, 2.75) is 17.3 Å². The number of nitrogens with one attached hydrogen (secondary N) is 1. The predicted octanol–water partition coefficient (Wildman–Crippen LogP) is 3.23. The monoisotopic (exact) mass is 332 g/mol. The lowest BCUT2D eigenvalue weighted by Gasteiger charge is -2.16. The van der Waals surface area contributed by atoms with E-state index >= 15 is 0 Å². The van der Waals surface area contributed by atoms with Gasteiger partial charge < -0.3 is 4.98 Å². The molecule has 0 fully saturated rings. The quantitative estimate of drug-likeness (QED) is 0.854. The maximum absolute atomic E-state index is 12.4. The van der Waals surface area contributed by atoms with Gasteiger partial charge in [-0.1, -0.05) is 23.7 Å². The Labute approximate surface area is 128 Å². The number of benzene rings is 1. The molecule has 20 heavy (non-hydrogen) atoms. The molecule has 1 aromatic carbocycles. The second kappa shape index (κ2) is 6.18. The summed E-state index contributed by atoms with van der Waals surface area (Å²) in [5, 5.41) is 0.622. The van der Waals surface area contributed by atoms with Gasteiger partial charge in [0.05, 0.1) is 10.8 Å². The molecule has 0 unspecified atom stereocenters. The number of halogens is 2. The minimum Gasteiger partial charge on any atom is -0.363 e. The van der Waals surface area contributed by atoms with Gasteiger partial charge in [0, 0.05) is 30.5 Å². The van der Waals surface area contributed by atoms with Crippen molar-refractivity contribution in [1.82, 2.24) is 9.29 Å². The smallest absolute Gasteiger partial charge is 0.244 e. The molecule has 7 heteroatoms. The third-order valence-corrected chi connectivity index (χ3v) is 5.21. The van der Waals surface area contributed by atoms with E-state index in [1.54, 1.807) is 30.3 Å². The fourth-order valence-electron chi connectivity index (χ4n) is 1.76. The van der Waals surface area contributed by atoms with Crippen LogP contribution in [0.2, 0.25) is 5.02 Å². The first-order chi connectivity index (χ1) is 9.43. The molecule has 2 aromatic rings. The predicted molar refractivity (Wildman–Crippen MR) is 80.5 cm³/mol. The summed E-state index contributed by atoms with van der Waals surface area (Å²) >= 11 is 11.5. The second-order valence-electron chi connectivity index (χ2n) is 4.38. The molecule has 0 spiro atoms. The molecule has 2 rings (SSSR count). The molecule has 1 N–H and O–H groups in total. The van der Waals surface area contributed by atoms with Crippen molar-refractivity contribution in [3.63, 3.8) is 0 Å². The fraction of sp³-hybridized carbons (Fsp3) is 0.231. The van der Waals surface area contributed by atoms with Crippen LogP contribution in [0.4, 0.5) is 0 Å². The van der Waals surface area contributed by atoms with Crippen molar-refractivity contribution in [3.05, 3.63) is 52.8 Å². The lowest BCUT2D eigenvalue weighted by molar-refractivity contribution is 0.467. The molecule has 0 aliphatic heterocycles. The zero-order chi connectivity index (χ0) is 14.8. The summed E-state index contributed by atoms with van der Waals surface area (Å²) in [5.74, 6) is 0.246. The number of aromatic amines is 1. The number of H-pyrrole nitrogens is 1. The van der Waals surface area contributed by atoms with Crippen molar-refractivity contribution in [3.8, 4) is 0 Å². The van der Waals surface area contributed by atoms with Crippen LogP contribution in [-0.2, 0) is 22.4 Å². The Morgan fingerprint density at radius 2 is 1.90 bits per heavy atom. The van der Waals surface area contributed by atoms with Gasteiger partial charge in [0.2, 0.25) is 10.0 Å². The first-order valence-corrected chi connectivity index (χ1v) is 8.23. The first-order valence-electron chi connectivity index (χ1n) is 5.87. The lowest BCUT2D eigenvalue weighted by Crippen LogP contribution is -2.26. The Bertz CT molecular complexity index is 681. The Morgan fingerprint density at radius 3 is 2.45 bits per heavy atom. The largest absolute Gasteiger partial charge is 0.363 e. The van der Waals surface area contributed by atoms with E-state index in [9.17, 15) is 8.42 Å². The maximum atomic E-state index is 12.4. The number of hydrogen-bond acceptors (Lipinski definition) is 2. The van der Waals surface area contributed by atoms with E-state index in [1.807, 2.05) is 0 Å². The highest BCUT2D eigenvalue weighted by atomic mass is 35.5. The molecule has 0 aliphatic carbocycles. The van der Waals surface area contributed by atoms with Crippen LogP contribution in [0.5, 0.6) is 0 Å². The molecule has 1 heterocycles. The minimum absolute atomic E-state index is 0.213. The summed E-state index contributed by atoms with van der Waals surface area (Å²) in [5.41, 5.74) is 1.54. The van der Waals surface area contributed by atoms with E-state index in [4.69, 9.17) is 23.2 Å². The highest BCUT2D eigenvalue weighted by Gasteiger charge is 2.22. The Balaban J connectivity index is 2.18. The van der Waals surface area contributed by atoms with Gasteiger partial charge in [0.15, 0.2) is 0 Å². The van der Waals surface area contributed by atoms with E-state index < -0.39 is 10.0 Å². The fourth-order valence-corrected chi connectivity index (χ4v) is 3.22. The standard InChI is InChI=1S/C13H14Cl2N2O2S/c1-17(9-10-2-4-11(15)5-3-10)20(18,19)13-6-12(7-14)16-8-13/h2-6,8,16H,7,9H2,1H3. The number of nitrogens with zero attached hydrogens (tertiary/aromatic N) is 1. The van der Waals surface area contributed by atoms with Crippen LogP contribution in [-0.4, -0.2) is 24.8 Å². The molecule has 0 bridgehead atoms. The van der Waals surface area contributed by atoms with E-state index in [2.05, 4.69) is 4.98 Å². The van der Waals surface area contributed by atoms with E-state index in [-0.39, 0.29) is 17.3 Å². The first kappa shape index (κ1) is 15.4. The van der Waals surface area contributed by atoms with Crippen molar-refractivity contribution in [2.24, 2.45) is 0 Å². The van der Waals surface area contributed by atoms with Gasteiger partial charge in [-0.05, 0) is 23.8 Å². The van der Waals surface area contributed by atoms with Gasteiger partial charge in [-0.25, -0.2) is 8.42 Å². The van der Waals surface area contributed by atoms with E-state index in [0.29, 0.717) is 10.7 Å². The van der Waals surface area contributed by atoms with Crippen molar-refractivity contribution in [1.29, 1.82) is 0 Å². The minimum atomic E-state index is -3.53. The second-order valence-corrected chi connectivity index (χ2v) is 7.13. The molecule has 108 valence electrons. The third kappa shape index (κ3) is 3.35. The molecular weight excluding hydrogens is 319 g/mol. The number of alkyl halides is 1. The molecule has 0 saturated heterocycles. The molecule has 0 aliphatic rings. The molecule has 0 amide bonds. The Kier molecular flexibility index (Phi) is 4.75. The summed E-state index contributed by atoms with van der Waals surface area (Å²) in [4.78, 5) is 3.05. The van der Waals surface area contributed by atoms with Crippen LogP contribution in [0.1, 0.15) is 11.3 Å². The number of sulfonamides is 1. The van der Waals surface area contributed by atoms with Gasteiger partial charge >= 0.3 is 0 Å². The van der Waals surface area contributed by atoms with Crippen LogP contribution in [0, 0.1) is 0 Å². The van der Waals surface area contributed by atoms with Gasteiger partial charge in [-0.3, -0.25) is 0 Å². The molecule has 0 radical (unpaired) electrons. The zero-order valence-electron chi connectivity index (χ0n) is 10.8. The van der Waals surface area contributed by atoms with Gasteiger partial charge in [-0.2, -0.15) is 4.31 Å². The average Bonchev–Trinajstić information content (AvgIpc) is 2.90. The Hall–Kier alpha value is -1.01.